The van der Waals surface area contributed by atoms with Gasteiger partial charge in [0.1, 0.15) is 5.75 Å². The Bertz CT molecular complexity index is 374. The molecule has 0 aromatic heterocycles. The van der Waals surface area contributed by atoms with Crippen molar-refractivity contribution in [3.8, 4) is 5.75 Å². The monoisotopic (exact) mass is 272 g/mol. The molecule has 0 aliphatic carbocycles. The van der Waals surface area contributed by atoms with E-state index in [4.69, 9.17) is 9.47 Å². The number of benzene rings is 1. The first kappa shape index (κ1) is 12.0. The highest BCUT2D eigenvalue weighted by Crippen LogP contribution is 2.27. The van der Waals surface area contributed by atoms with E-state index in [9.17, 15) is 4.79 Å². The summed E-state index contributed by atoms with van der Waals surface area (Å²) in [6.07, 6.45) is 0. The Morgan fingerprint density at radius 1 is 1.40 bits per heavy atom. The van der Waals surface area contributed by atoms with E-state index in [-0.39, 0.29) is 5.97 Å². The van der Waals surface area contributed by atoms with Crippen LogP contribution in [-0.4, -0.2) is 20.2 Å². The predicted molar refractivity (Wildman–Crippen MR) is 61.7 cm³/mol. The Kier molecular flexibility index (Phi) is 4.15. The van der Waals surface area contributed by atoms with Crippen molar-refractivity contribution in [3.05, 3.63) is 28.8 Å². The van der Waals surface area contributed by atoms with Crippen molar-refractivity contribution in [1.82, 2.24) is 0 Å². The molecule has 0 aliphatic heterocycles. The summed E-state index contributed by atoms with van der Waals surface area (Å²) in [5, 5.41) is 0.556. The van der Waals surface area contributed by atoms with Gasteiger partial charge < -0.3 is 9.47 Å². The fraction of sp³-hybridized carbons (Fsp3) is 0.364. The molecule has 0 spiro atoms. The maximum absolute atomic E-state index is 11.5. The lowest BCUT2D eigenvalue weighted by Gasteiger charge is -2.11. The third-order valence-electron chi connectivity index (χ3n) is 2.11. The van der Waals surface area contributed by atoms with E-state index in [0.29, 0.717) is 16.6 Å². The lowest BCUT2D eigenvalue weighted by atomic mass is 10.0. The molecule has 1 aromatic rings. The number of aryl methyl sites for hydroxylation is 1. The smallest absolute Gasteiger partial charge is 0.338 e. The molecule has 0 N–H and O–H groups in total. The van der Waals surface area contributed by atoms with Gasteiger partial charge >= 0.3 is 5.97 Å². The van der Waals surface area contributed by atoms with Gasteiger partial charge in [-0.25, -0.2) is 4.79 Å². The average Bonchev–Trinajstić information content (AvgIpc) is 2.26. The zero-order valence-electron chi connectivity index (χ0n) is 8.96. The van der Waals surface area contributed by atoms with Crippen LogP contribution in [0.15, 0.2) is 12.1 Å². The number of rotatable bonds is 3. The van der Waals surface area contributed by atoms with Crippen molar-refractivity contribution in [2.24, 2.45) is 0 Å². The van der Waals surface area contributed by atoms with Crippen LogP contribution in [0, 0.1) is 6.92 Å². The summed E-state index contributed by atoms with van der Waals surface area (Å²) in [6.45, 7) is 1.91. The van der Waals surface area contributed by atoms with Crippen LogP contribution in [0.4, 0.5) is 0 Å². The van der Waals surface area contributed by atoms with Gasteiger partial charge in [-0.05, 0) is 24.6 Å². The molecule has 0 heterocycles. The van der Waals surface area contributed by atoms with Gasteiger partial charge in [-0.15, -0.1) is 0 Å². The fourth-order valence-corrected chi connectivity index (χ4v) is 1.97. The molecule has 1 aromatic carbocycles. The summed E-state index contributed by atoms with van der Waals surface area (Å²) in [4.78, 5) is 11.5. The second-order valence-corrected chi connectivity index (χ2v) is 3.68. The highest BCUT2D eigenvalue weighted by molar-refractivity contribution is 9.08. The number of alkyl halides is 1. The molecule has 0 saturated heterocycles. The molecule has 0 amide bonds. The van der Waals surface area contributed by atoms with E-state index in [1.807, 2.05) is 13.0 Å². The fourth-order valence-electron chi connectivity index (χ4n) is 1.40. The van der Waals surface area contributed by atoms with E-state index < -0.39 is 0 Å². The molecule has 0 bridgehead atoms. The number of esters is 1. The van der Waals surface area contributed by atoms with Crippen LogP contribution in [0.5, 0.6) is 5.75 Å². The summed E-state index contributed by atoms with van der Waals surface area (Å²) >= 11 is 3.33. The van der Waals surface area contributed by atoms with Gasteiger partial charge in [0.05, 0.1) is 19.8 Å². The van der Waals surface area contributed by atoms with Crippen LogP contribution in [0.3, 0.4) is 0 Å². The van der Waals surface area contributed by atoms with Gasteiger partial charge in [-0.2, -0.15) is 0 Å². The van der Waals surface area contributed by atoms with E-state index in [1.165, 1.54) is 7.11 Å². The minimum absolute atomic E-state index is 0.341. The van der Waals surface area contributed by atoms with E-state index >= 15 is 0 Å². The Hall–Kier alpha value is -1.03. The van der Waals surface area contributed by atoms with Crippen LogP contribution in [0.25, 0.3) is 0 Å². The van der Waals surface area contributed by atoms with Crippen molar-refractivity contribution in [1.29, 1.82) is 0 Å². The van der Waals surface area contributed by atoms with E-state index in [1.54, 1.807) is 13.2 Å². The van der Waals surface area contributed by atoms with Gasteiger partial charge in [0.25, 0.3) is 0 Å². The normalized spacial score (nSPS) is 9.87. The lowest BCUT2D eigenvalue weighted by molar-refractivity contribution is 0.0599. The second kappa shape index (κ2) is 5.16. The molecule has 82 valence electrons. The maximum Gasteiger partial charge on any atom is 0.338 e. The molecule has 0 saturated carbocycles. The van der Waals surface area contributed by atoms with E-state index in [2.05, 4.69) is 15.9 Å². The Morgan fingerprint density at radius 2 is 2.07 bits per heavy atom. The third-order valence-corrected chi connectivity index (χ3v) is 2.67. The SMILES string of the molecule is COC(=O)c1cc(C)cc(OC)c1CBr. The minimum Gasteiger partial charge on any atom is -0.496 e. The van der Waals surface area contributed by atoms with Crippen molar-refractivity contribution in [2.75, 3.05) is 14.2 Å². The molecule has 15 heavy (non-hydrogen) atoms. The number of methoxy groups -OCH3 is 2. The first-order valence-electron chi connectivity index (χ1n) is 4.45. The minimum atomic E-state index is -0.341. The molecule has 3 nitrogen and oxygen atoms in total. The number of ether oxygens (including phenoxy) is 2. The molecular formula is C11H13BrO3. The van der Waals surface area contributed by atoms with Crippen molar-refractivity contribution in [2.45, 2.75) is 12.3 Å². The summed E-state index contributed by atoms with van der Waals surface area (Å²) in [6, 6.07) is 3.69. The first-order chi connectivity index (χ1) is 7.13. The summed E-state index contributed by atoms with van der Waals surface area (Å²) < 4.78 is 9.93. The van der Waals surface area contributed by atoms with Crippen molar-refractivity contribution >= 4 is 21.9 Å². The van der Waals surface area contributed by atoms with Crippen LogP contribution in [-0.2, 0) is 10.1 Å². The first-order valence-corrected chi connectivity index (χ1v) is 5.58. The number of halogens is 1. The molecule has 0 atom stereocenters. The summed E-state index contributed by atoms with van der Waals surface area (Å²) in [5.41, 5.74) is 2.33. The Balaban J connectivity index is 3.35. The van der Waals surface area contributed by atoms with Gasteiger partial charge in [0.2, 0.25) is 0 Å². The van der Waals surface area contributed by atoms with Crippen LogP contribution >= 0.6 is 15.9 Å². The van der Waals surface area contributed by atoms with Gasteiger partial charge in [0.15, 0.2) is 0 Å². The molecule has 4 heteroatoms. The number of hydrogen-bond acceptors (Lipinski definition) is 3. The predicted octanol–water partition coefficient (Wildman–Crippen LogP) is 2.69. The van der Waals surface area contributed by atoms with E-state index in [0.717, 1.165) is 11.1 Å². The molecule has 0 fully saturated rings. The highest BCUT2D eigenvalue weighted by Gasteiger charge is 2.15. The highest BCUT2D eigenvalue weighted by atomic mass is 79.9. The quantitative estimate of drug-likeness (QED) is 0.627. The van der Waals surface area contributed by atoms with Crippen LogP contribution in [0.1, 0.15) is 21.5 Å². The molecule has 0 aliphatic rings. The lowest BCUT2D eigenvalue weighted by Crippen LogP contribution is -2.07. The zero-order valence-corrected chi connectivity index (χ0v) is 10.6. The third kappa shape index (κ3) is 2.50. The number of hydrogen-bond donors (Lipinski definition) is 0. The summed E-state index contributed by atoms with van der Waals surface area (Å²) in [7, 11) is 2.96. The molecule has 1 rings (SSSR count). The topological polar surface area (TPSA) is 35.5 Å². The van der Waals surface area contributed by atoms with Crippen molar-refractivity contribution < 1.29 is 14.3 Å². The van der Waals surface area contributed by atoms with Crippen molar-refractivity contribution in [3.63, 3.8) is 0 Å². The maximum atomic E-state index is 11.5. The van der Waals surface area contributed by atoms with Gasteiger partial charge in [0, 0.05) is 10.9 Å². The Labute approximate surface area is 97.5 Å². The van der Waals surface area contributed by atoms with Gasteiger partial charge in [-0.3, -0.25) is 0 Å². The molecular weight excluding hydrogens is 260 g/mol. The number of carbonyl (C=O) groups is 1. The molecule has 0 unspecified atom stereocenters. The number of carbonyl (C=O) groups excluding carboxylic acids is 1. The van der Waals surface area contributed by atoms with Crippen LogP contribution < -0.4 is 4.74 Å². The standard InChI is InChI=1S/C11H13BrO3/c1-7-4-8(11(13)15-3)9(6-12)10(5-7)14-2/h4-5H,6H2,1-3H3. The average molecular weight is 273 g/mol. The zero-order chi connectivity index (χ0) is 11.4. The Morgan fingerprint density at radius 3 is 2.53 bits per heavy atom. The molecule has 0 radical (unpaired) electrons. The largest absolute Gasteiger partial charge is 0.496 e. The summed E-state index contributed by atoms with van der Waals surface area (Å²) in [5.74, 6) is 0.360. The van der Waals surface area contributed by atoms with Crippen LogP contribution in [0.2, 0.25) is 0 Å². The van der Waals surface area contributed by atoms with Gasteiger partial charge in [-0.1, -0.05) is 15.9 Å². The second-order valence-electron chi connectivity index (χ2n) is 3.12.